The molecule has 0 N–H and O–H groups in total. The van der Waals surface area contributed by atoms with Gasteiger partial charge >= 0.3 is 0 Å². The molecule has 0 aromatic carbocycles. The van der Waals surface area contributed by atoms with Crippen LogP contribution < -0.4 is 0 Å². The number of aryl methyl sites for hydroxylation is 1. The average molecular weight is 234 g/mol. The molecule has 0 atom stereocenters. The first-order chi connectivity index (χ1) is 8.31. The maximum absolute atomic E-state index is 12.2. The van der Waals surface area contributed by atoms with E-state index in [1.54, 1.807) is 12.3 Å². The number of hydrogen-bond donors (Lipinski definition) is 0. The van der Waals surface area contributed by atoms with Crippen LogP contribution in [-0.2, 0) is 11.2 Å². The summed E-state index contributed by atoms with van der Waals surface area (Å²) in [7, 11) is 0. The molecule has 1 aromatic heterocycles. The molecule has 2 rings (SSSR count). The predicted octanol–water partition coefficient (Wildman–Crippen LogP) is 1.51. The Morgan fingerprint density at radius 1 is 1.47 bits per heavy atom. The standard InChI is InChI=1S/C13H18N2O2/c1-2-3-12-10-11(4-5-14-12)13(16)15-6-8-17-9-7-15/h4-5,10H,2-3,6-9H2,1H3. The van der Waals surface area contributed by atoms with Gasteiger partial charge in [-0.05, 0) is 18.6 Å². The highest BCUT2D eigenvalue weighted by Gasteiger charge is 2.18. The average Bonchev–Trinajstić information content (AvgIpc) is 2.40. The molecule has 0 aliphatic carbocycles. The molecule has 1 aromatic rings. The second kappa shape index (κ2) is 5.77. The fourth-order valence-electron chi connectivity index (χ4n) is 1.95. The van der Waals surface area contributed by atoms with Crippen LogP contribution in [0.1, 0.15) is 29.4 Å². The van der Waals surface area contributed by atoms with Crippen LogP contribution in [0.25, 0.3) is 0 Å². The van der Waals surface area contributed by atoms with Crippen molar-refractivity contribution in [3.63, 3.8) is 0 Å². The summed E-state index contributed by atoms with van der Waals surface area (Å²) in [4.78, 5) is 18.3. The van der Waals surface area contributed by atoms with E-state index in [9.17, 15) is 4.79 Å². The third-order valence-electron chi connectivity index (χ3n) is 2.87. The van der Waals surface area contributed by atoms with E-state index in [1.165, 1.54) is 0 Å². The third-order valence-corrected chi connectivity index (χ3v) is 2.87. The molecule has 4 nitrogen and oxygen atoms in total. The summed E-state index contributed by atoms with van der Waals surface area (Å²) in [6.07, 6.45) is 3.69. The van der Waals surface area contributed by atoms with Gasteiger partial charge in [-0.15, -0.1) is 0 Å². The Labute approximate surface area is 102 Å². The number of nitrogens with zero attached hydrogens (tertiary/aromatic N) is 2. The van der Waals surface area contributed by atoms with Gasteiger partial charge in [-0.1, -0.05) is 13.3 Å². The molecule has 2 heterocycles. The summed E-state index contributed by atoms with van der Waals surface area (Å²) in [5.74, 6) is 0.0908. The molecule has 4 heteroatoms. The highest BCUT2D eigenvalue weighted by molar-refractivity contribution is 5.94. The maximum Gasteiger partial charge on any atom is 0.254 e. The second-order valence-corrected chi connectivity index (χ2v) is 4.19. The summed E-state index contributed by atoms with van der Waals surface area (Å²) in [5.41, 5.74) is 1.73. The molecule has 1 fully saturated rings. The molecule has 17 heavy (non-hydrogen) atoms. The van der Waals surface area contributed by atoms with Gasteiger partial charge in [0, 0.05) is 30.5 Å². The molecular weight excluding hydrogens is 216 g/mol. The molecule has 0 radical (unpaired) electrons. The number of pyridine rings is 1. The maximum atomic E-state index is 12.2. The van der Waals surface area contributed by atoms with Crippen molar-refractivity contribution in [2.24, 2.45) is 0 Å². The van der Waals surface area contributed by atoms with E-state index in [4.69, 9.17) is 4.74 Å². The minimum atomic E-state index is 0.0908. The quantitative estimate of drug-likeness (QED) is 0.796. The van der Waals surface area contributed by atoms with Gasteiger partial charge in [0.05, 0.1) is 13.2 Å². The van der Waals surface area contributed by atoms with Crippen molar-refractivity contribution in [2.75, 3.05) is 26.3 Å². The Morgan fingerprint density at radius 2 is 2.24 bits per heavy atom. The van der Waals surface area contributed by atoms with Crippen molar-refractivity contribution in [2.45, 2.75) is 19.8 Å². The zero-order chi connectivity index (χ0) is 12.1. The number of rotatable bonds is 3. The van der Waals surface area contributed by atoms with Crippen LogP contribution in [0.2, 0.25) is 0 Å². The van der Waals surface area contributed by atoms with Crippen LogP contribution in [0.4, 0.5) is 0 Å². The van der Waals surface area contributed by atoms with Crippen LogP contribution in [0, 0.1) is 0 Å². The fraction of sp³-hybridized carbons (Fsp3) is 0.538. The Kier molecular flexibility index (Phi) is 4.09. The summed E-state index contributed by atoms with van der Waals surface area (Å²) in [5, 5.41) is 0. The predicted molar refractivity (Wildman–Crippen MR) is 65.0 cm³/mol. The van der Waals surface area contributed by atoms with Crippen molar-refractivity contribution < 1.29 is 9.53 Å². The van der Waals surface area contributed by atoms with Gasteiger partial charge < -0.3 is 9.64 Å². The normalized spacial score (nSPS) is 15.9. The number of carbonyl (C=O) groups is 1. The van der Waals surface area contributed by atoms with Crippen molar-refractivity contribution >= 4 is 5.91 Å². The zero-order valence-corrected chi connectivity index (χ0v) is 10.2. The van der Waals surface area contributed by atoms with Gasteiger partial charge in [-0.3, -0.25) is 9.78 Å². The monoisotopic (exact) mass is 234 g/mol. The SMILES string of the molecule is CCCc1cc(C(=O)N2CCOCC2)ccn1. The van der Waals surface area contributed by atoms with Crippen molar-refractivity contribution in [3.05, 3.63) is 29.6 Å². The third kappa shape index (κ3) is 3.03. The fourth-order valence-corrected chi connectivity index (χ4v) is 1.95. The van der Waals surface area contributed by atoms with E-state index in [0.29, 0.717) is 26.3 Å². The highest BCUT2D eigenvalue weighted by atomic mass is 16.5. The molecule has 1 aliphatic heterocycles. The Balaban J connectivity index is 2.09. The molecule has 1 saturated heterocycles. The number of carbonyl (C=O) groups excluding carboxylic acids is 1. The summed E-state index contributed by atoms with van der Waals surface area (Å²) < 4.78 is 5.24. The molecule has 1 amide bonds. The molecule has 0 spiro atoms. The summed E-state index contributed by atoms with van der Waals surface area (Å²) in [6, 6.07) is 3.69. The largest absolute Gasteiger partial charge is 0.378 e. The number of hydrogen-bond acceptors (Lipinski definition) is 3. The minimum Gasteiger partial charge on any atom is -0.378 e. The van der Waals surface area contributed by atoms with Crippen LogP contribution in [-0.4, -0.2) is 42.1 Å². The zero-order valence-electron chi connectivity index (χ0n) is 10.2. The topological polar surface area (TPSA) is 42.4 Å². The number of aromatic nitrogens is 1. The second-order valence-electron chi connectivity index (χ2n) is 4.19. The molecular formula is C13H18N2O2. The Hall–Kier alpha value is -1.42. The first-order valence-electron chi connectivity index (χ1n) is 6.13. The van der Waals surface area contributed by atoms with Crippen LogP contribution >= 0.6 is 0 Å². The van der Waals surface area contributed by atoms with Gasteiger partial charge in [0.25, 0.3) is 5.91 Å². The van der Waals surface area contributed by atoms with E-state index >= 15 is 0 Å². The van der Waals surface area contributed by atoms with Gasteiger partial charge in [0.1, 0.15) is 0 Å². The lowest BCUT2D eigenvalue weighted by molar-refractivity contribution is 0.0302. The van der Waals surface area contributed by atoms with Crippen molar-refractivity contribution in [1.29, 1.82) is 0 Å². The van der Waals surface area contributed by atoms with Crippen LogP contribution in [0.3, 0.4) is 0 Å². The van der Waals surface area contributed by atoms with Crippen LogP contribution in [0.15, 0.2) is 18.3 Å². The Bertz CT molecular complexity index is 387. The molecule has 0 bridgehead atoms. The first-order valence-corrected chi connectivity index (χ1v) is 6.13. The number of morpholine rings is 1. The first kappa shape index (κ1) is 12.0. The van der Waals surface area contributed by atoms with E-state index in [-0.39, 0.29) is 5.91 Å². The van der Waals surface area contributed by atoms with Crippen molar-refractivity contribution in [3.8, 4) is 0 Å². The van der Waals surface area contributed by atoms with Gasteiger partial charge in [-0.25, -0.2) is 0 Å². The van der Waals surface area contributed by atoms with Crippen LogP contribution in [0.5, 0.6) is 0 Å². The van der Waals surface area contributed by atoms with E-state index < -0.39 is 0 Å². The van der Waals surface area contributed by atoms with Crippen molar-refractivity contribution in [1.82, 2.24) is 9.88 Å². The number of ether oxygens (including phenoxy) is 1. The van der Waals surface area contributed by atoms with Gasteiger partial charge in [0.15, 0.2) is 0 Å². The molecule has 1 aliphatic rings. The Morgan fingerprint density at radius 3 is 2.94 bits per heavy atom. The molecule has 0 unspecified atom stereocenters. The van der Waals surface area contributed by atoms with E-state index in [0.717, 1.165) is 24.1 Å². The van der Waals surface area contributed by atoms with Gasteiger partial charge in [-0.2, -0.15) is 0 Å². The lowest BCUT2D eigenvalue weighted by atomic mass is 10.1. The molecule has 0 saturated carbocycles. The van der Waals surface area contributed by atoms with E-state index in [1.807, 2.05) is 11.0 Å². The molecule has 92 valence electrons. The van der Waals surface area contributed by atoms with E-state index in [2.05, 4.69) is 11.9 Å². The lowest BCUT2D eigenvalue weighted by Crippen LogP contribution is -2.40. The van der Waals surface area contributed by atoms with Gasteiger partial charge in [0.2, 0.25) is 0 Å². The minimum absolute atomic E-state index is 0.0908. The lowest BCUT2D eigenvalue weighted by Gasteiger charge is -2.26. The smallest absolute Gasteiger partial charge is 0.254 e. The summed E-state index contributed by atoms with van der Waals surface area (Å²) in [6.45, 7) is 4.75. The number of amides is 1. The highest BCUT2D eigenvalue weighted by Crippen LogP contribution is 2.09. The summed E-state index contributed by atoms with van der Waals surface area (Å²) >= 11 is 0.